The molecule has 1 amide bonds. The Labute approximate surface area is 105 Å². The Morgan fingerprint density at radius 2 is 2.18 bits per heavy atom. The molecule has 0 atom stereocenters. The molecule has 1 N–H and O–H groups in total. The minimum absolute atomic E-state index is 0.0356. The maximum absolute atomic E-state index is 12.2. The number of hydrogen-bond acceptors (Lipinski definition) is 2. The maximum atomic E-state index is 12.2. The fourth-order valence-corrected chi connectivity index (χ4v) is 2.49. The second kappa shape index (κ2) is 4.03. The zero-order valence-electron chi connectivity index (χ0n) is 9.47. The quantitative estimate of drug-likeness (QED) is 0.889. The Balaban J connectivity index is 1.77. The van der Waals surface area contributed by atoms with Gasteiger partial charge in [0.25, 0.3) is 5.91 Å². The number of aromatic nitrogens is 1. The molecule has 4 nitrogen and oxygen atoms in total. The summed E-state index contributed by atoms with van der Waals surface area (Å²) in [7, 11) is 0. The molecule has 0 bridgehead atoms. The third-order valence-electron chi connectivity index (χ3n) is 3.48. The molecule has 1 aromatic rings. The monoisotopic (exact) mass is 254 g/mol. The first kappa shape index (κ1) is 11.1. The van der Waals surface area contributed by atoms with Gasteiger partial charge < -0.3 is 14.6 Å². The van der Waals surface area contributed by atoms with Crippen molar-refractivity contribution in [1.29, 1.82) is 0 Å². The first-order valence-corrected chi connectivity index (χ1v) is 6.34. The molecule has 1 aliphatic heterocycles. The van der Waals surface area contributed by atoms with E-state index in [1.807, 2.05) is 10.8 Å². The summed E-state index contributed by atoms with van der Waals surface area (Å²) in [6.45, 7) is 1.47. The van der Waals surface area contributed by atoms with E-state index in [9.17, 15) is 4.79 Å². The lowest BCUT2D eigenvalue weighted by Crippen LogP contribution is -2.51. The number of hydrogen-bond donors (Lipinski definition) is 1. The Morgan fingerprint density at radius 3 is 2.76 bits per heavy atom. The first-order valence-electron chi connectivity index (χ1n) is 5.96. The van der Waals surface area contributed by atoms with E-state index in [4.69, 9.17) is 16.7 Å². The summed E-state index contributed by atoms with van der Waals surface area (Å²) in [5.41, 5.74) is 0.689. The van der Waals surface area contributed by atoms with Crippen LogP contribution >= 0.6 is 11.6 Å². The van der Waals surface area contributed by atoms with Crippen LogP contribution in [0.1, 0.15) is 29.4 Å². The van der Waals surface area contributed by atoms with Gasteiger partial charge in [0.1, 0.15) is 5.69 Å². The maximum Gasteiger partial charge on any atom is 0.270 e. The van der Waals surface area contributed by atoms with Gasteiger partial charge in [-0.15, -0.1) is 0 Å². The van der Waals surface area contributed by atoms with Gasteiger partial charge in [0.05, 0.1) is 5.02 Å². The Kier molecular flexibility index (Phi) is 2.64. The topological polar surface area (TPSA) is 45.5 Å². The third kappa shape index (κ3) is 1.96. The normalized spacial score (nSPS) is 20.5. The van der Waals surface area contributed by atoms with Crippen LogP contribution in [0.5, 0.6) is 0 Å². The summed E-state index contributed by atoms with van der Waals surface area (Å²) >= 11 is 5.97. The molecule has 0 radical (unpaired) electrons. The molecule has 1 aromatic heterocycles. The van der Waals surface area contributed by atoms with Crippen molar-refractivity contribution in [3.05, 3.63) is 23.0 Å². The third-order valence-corrected chi connectivity index (χ3v) is 3.68. The van der Waals surface area contributed by atoms with Crippen LogP contribution in [0.2, 0.25) is 5.02 Å². The number of nitrogens with zero attached hydrogens (tertiary/aromatic N) is 2. The van der Waals surface area contributed by atoms with Gasteiger partial charge in [-0.3, -0.25) is 4.79 Å². The summed E-state index contributed by atoms with van der Waals surface area (Å²) in [6.07, 6.45) is 4.10. The number of halogens is 1. The van der Waals surface area contributed by atoms with E-state index in [1.54, 1.807) is 11.0 Å². The van der Waals surface area contributed by atoms with Crippen LogP contribution in [0.25, 0.3) is 0 Å². The molecule has 2 aliphatic rings. The fourth-order valence-electron chi connectivity index (χ4n) is 2.28. The highest BCUT2D eigenvalue weighted by Gasteiger charge is 2.34. The molecule has 0 spiro atoms. The summed E-state index contributed by atoms with van der Waals surface area (Å²) in [5.74, 6) is 0.284. The molecule has 92 valence electrons. The van der Waals surface area contributed by atoms with Gasteiger partial charge >= 0.3 is 0 Å². The number of likely N-dealkylation sites (tertiary alicyclic amines) is 1. The van der Waals surface area contributed by atoms with Crippen molar-refractivity contribution in [2.45, 2.75) is 18.9 Å². The predicted octanol–water partition coefficient (Wildman–Crippen LogP) is 1.54. The number of carbonyl (C=O) groups excluding carboxylic acids is 1. The summed E-state index contributed by atoms with van der Waals surface area (Å²) in [6, 6.07) is 2.20. The Morgan fingerprint density at radius 1 is 1.47 bits per heavy atom. The van der Waals surface area contributed by atoms with Crippen LogP contribution in [0.4, 0.5) is 0 Å². The van der Waals surface area contributed by atoms with Gasteiger partial charge in [-0.05, 0) is 18.9 Å². The van der Waals surface area contributed by atoms with E-state index in [-0.39, 0.29) is 18.4 Å². The Bertz CT molecular complexity index is 447. The second-order valence-electron chi connectivity index (χ2n) is 4.94. The lowest BCUT2D eigenvalue weighted by Gasteiger charge is -2.38. The number of aliphatic hydroxyl groups is 1. The second-order valence-corrected chi connectivity index (χ2v) is 5.38. The molecular weight excluding hydrogens is 240 g/mol. The average molecular weight is 255 g/mol. The van der Waals surface area contributed by atoms with Crippen LogP contribution in [-0.4, -0.2) is 40.2 Å². The number of rotatable bonds is 3. The molecule has 2 heterocycles. The van der Waals surface area contributed by atoms with Crippen molar-refractivity contribution in [1.82, 2.24) is 9.47 Å². The minimum Gasteiger partial charge on any atom is -0.396 e. The minimum atomic E-state index is 0.0356. The van der Waals surface area contributed by atoms with E-state index in [2.05, 4.69) is 0 Å². The van der Waals surface area contributed by atoms with E-state index in [0.29, 0.717) is 29.8 Å². The fraction of sp³-hybridized carbons (Fsp3) is 0.583. The smallest absolute Gasteiger partial charge is 0.270 e. The van der Waals surface area contributed by atoms with Crippen LogP contribution in [0, 0.1) is 5.92 Å². The van der Waals surface area contributed by atoms with Gasteiger partial charge in [0.2, 0.25) is 0 Å². The van der Waals surface area contributed by atoms with Gasteiger partial charge in [0, 0.05) is 37.9 Å². The molecule has 1 saturated heterocycles. The molecule has 17 heavy (non-hydrogen) atoms. The summed E-state index contributed by atoms with van der Waals surface area (Å²) in [4.78, 5) is 14.0. The van der Waals surface area contributed by atoms with Crippen molar-refractivity contribution in [3.63, 3.8) is 0 Å². The van der Waals surface area contributed by atoms with Gasteiger partial charge in [-0.1, -0.05) is 11.6 Å². The van der Waals surface area contributed by atoms with E-state index in [0.717, 1.165) is 12.8 Å². The number of aliphatic hydroxyl groups excluding tert-OH is 1. The highest BCUT2D eigenvalue weighted by Crippen LogP contribution is 2.38. The standard InChI is InChI=1S/C12H15ClN2O2/c13-9-3-11(15(6-9)10-1-2-10)12(17)14-4-8(5-14)7-16/h3,6,8,10,16H,1-2,4-5,7H2. The predicted molar refractivity (Wildman–Crippen MR) is 64.2 cm³/mol. The zero-order valence-corrected chi connectivity index (χ0v) is 10.2. The SMILES string of the molecule is O=C(c1cc(Cl)cn1C1CC1)N1CC(CO)C1. The first-order chi connectivity index (χ1) is 8.19. The van der Waals surface area contributed by atoms with Gasteiger partial charge in [-0.25, -0.2) is 0 Å². The van der Waals surface area contributed by atoms with E-state index in [1.165, 1.54) is 0 Å². The molecular formula is C12H15ClN2O2. The number of amides is 1. The van der Waals surface area contributed by atoms with Crippen LogP contribution in [-0.2, 0) is 0 Å². The van der Waals surface area contributed by atoms with Gasteiger partial charge in [0.15, 0.2) is 0 Å². The largest absolute Gasteiger partial charge is 0.396 e. The van der Waals surface area contributed by atoms with Crippen LogP contribution in [0.15, 0.2) is 12.3 Å². The highest BCUT2D eigenvalue weighted by molar-refractivity contribution is 6.31. The average Bonchev–Trinajstić information content (AvgIpc) is 3.00. The lowest BCUT2D eigenvalue weighted by molar-refractivity contribution is 0.0352. The van der Waals surface area contributed by atoms with Crippen molar-refractivity contribution < 1.29 is 9.90 Å². The summed E-state index contributed by atoms with van der Waals surface area (Å²) in [5, 5.41) is 9.57. The van der Waals surface area contributed by atoms with E-state index >= 15 is 0 Å². The van der Waals surface area contributed by atoms with Crippen molar-refractivity contribution >= 4 is 17.5 Å². The molecule has 2 fully saturated rings. The highest BCUT2D eigenvalue weighted by atomic mass is 35.5. The molecule has 1 saturated carbocycles. The van der Waals surface area contributed by atoms with Crippen LogP contribution in [0.3, 0.4) is 0 Å². The zero-order chi connectivity index (χ0) is 12.0. The molecule has 0 unspecified atom stereocenters. The molecule has 5 heteroatoms. The molecule has 0 aromatic carbocycles. The van der Waals surface area contributed by atoms with Crippen molar-refractivity contribution in [3.8, 4) is 0 Å². The summed E-state index contributed by atoms with van der Waals surface area (Å²) < 4.78 is 2.00. The molecule has 1 aliphatic carbocycles. The molecule has 3 rings (SSSR count). The van der Waals surface area contributed by atoms with Crippen molar-refractivity contribution in [2.24, 2.45) is 5.92 Å². The van der Waals surface area contributed by atoms with Crippen molar-refractivity contribution in [2.75, 3.05) is 19.7 Å². The Hall–Kier alpha value is -1.00. The van der Waals surface area contributed by atoms with E-state index < -0.39 is 0 Å². The lowest BCUT2D eigenvalue weighted by atomic mass is 10.0. The van der Waals surface area contributed by atoms with Crippen LogP contribution < -0.4 is 0 Å². The van der Waals surface area contributed by atoms with Gasteiger partial charge in [-0.2, -0.15) is 0 Å². The number of carbonyl (C=O) groups is 1.